The number of esters is 2. The molecule has 0 saturated carbocycles. The van der Waals surface area contributed by atoms with Crippen LogP contribution in [-0.2, 0) is 23.8 Å². The summed E-state index contributed by atoms with van der Waals surface area (Å²) < 4.78 is 17.4. The quantitative estimate of drug-likeness (QED) is 0.0345. The number of hydrogen-bond donors (Lipinski definition) is 0. The molecular formula is C65H110O5. The van der Waals surface area contributed by atoms with E-state index in [1.807, 2.05) is 12.2 Å². The van der Waals surface area contributed by atoms with Crippen molar-refractivity contribution in [1.82, 2.24) is 0 Å². The summed E-state index contributed by atoms with van der Waals surface area (Å²) in [5, 5.41) is 0. The van der Waals surface area contributed by atoms with Gasteiger partial charge in [0.05, 0.1) is 13.0 Å². The van der Waals surface area contributed by atoms with E-state index in [0.717, 1.165) is 77.0 Å². The molecular weight excluding hydrogens is 861 g/mol. The lowest BCUT2D eigenvalue weighted by atomic mass is 10.1. The largest absolute Gasteiger partial charge is 0.462 e. The minimum absolute atomic E-state index is 0.0356. The second-order valence-electron chi connectivity index (χ2n) is 19.2. The van der Waals surface area contributed by atoms with Crippen LogP contribution in [0.1, 0.15) is 265 Å². The Balaban J connectivity index is 4.38. The van der Waals surface area contributed by atoms with E-state index >= 15 is 0 Å². The lowest BCUT2D eigenvalue weighted by Crippen LogP contribution is -2.29. The van der Waals surface area contributed by atoms with Crippen LogP contribution in [0.5, 0.6) is 0 Å². The Bertz CT molecular complexity index is 1380. The normalized spacial score (nSPS) is 13.0. The monoisotopic (exact) mass is 971 g/mol. The molecule has 1 atom stereocenters. The third-order valence-corrected chi connectivity index (χ3v) is 12.3. The Kier molecular flexibility index (Phi) is 56.9. The third kappa shape index (κ3) is 57.1. The molecule has 0 fully saturated rings. The van der Waals surface area contributed by atoms with Crippen LogP contribution in [0.3, 0.4) is 0 Å². The summed E-state index contributed by atoms with van der Waals surface area (Å²) in [6.07, 6.45) is 82.8. The van der Waals surface area contributed by atoms with Gasteiger partial charge in [0, 0.05) is 13.0 Å². The van der Waals surface area contributed by atoms with Crippen LogP contribution in [0.2, 0.25) is 0 Å². The lowest BCUT2D eigenvalue weighted by molar-refractivity contribution is -0.162. The van der Waals surface area contributed by atoms with Gasteiger partial charge in [-0.1, -0.05) is 252 Å². The van der Waals surface area contributed by atoms with Gasteiger partial charge in [-0.2, -0.15) is 0 Å². The summed E-state index contributed by atoms with van der Waals surface area (Å²) in [6, 6.07) is 0. The van der Waals surface area contributed by atoms with Crippen LogP contribution in [0, 0.1) is 0 Å². The first kappa shape index (κ1) is 66.6. The minimum Gasteiger partial charge on any atom is -0.462 e. The van der Waals surface area contributed by atoms with Crippen LogP contribution < -0.4 is 0 Å². The molecule has 0 aromatic rings. The Morgan fingerprint density at radius 2 is 0.686 bits per heavy atom. The van der Waals surface area contributed by atoms with Crippen LogP contribution in [-0.4, -0.2) is 37.9 Å². The Morgan fingerprint density at radius 1 is 0.343 bits per heavy atom. The van der Waals surface area contributed by atoms with Crippen molar-refractivity contribution in [2.75, 3.05) is 19.8 Å². The zero-order valence-corrected chi connectivity index (χ0v) is 46.0. The second-order valence-corrected chi connectivity index (χ2v) is 19.2. The fourth-order valence-electron chi connectivity index (χ4n) is 7.94. The van der Waals surface area contributed by atoms with Crippen molar-refractivity contribution in [3.05, 3.63) is 109 Å². The summed E-state index contributed by atoms with van der Waals surface area (Å²) in [4.78, 5) is 25.5. The molecule has 0 amide bonds. The number of carbonyl (C=O) groups is 2. The summed E-state index contributed by atoms with van der Waals surface area (Å²) in [6.45, 7) is 7.57. The fourth-order valence-corrected chi connectivity index (χ4v) is 7.94. The number of allylic oxidation sites excluding steroid dienone is 17. The molecule has 0 aliphatic rings. The van der Waals surface area contributed by atoms with E-state index in [0.29, 0.717) is 13.0 Å². The van der Waals surface area contributed by atoms with Gasteiger partial charge >= 0.3 is 11.9 Å². The van der Waals surface area contributed by atoms with E-state index in [9.17, 15) is 9.59 Å². The van der Waals surface area contributed by atoms with Gasteiger partial charge in [0.2, 0.25) is 0 Å². The van der Waals surface area contributed by atoms with Gasteiger partial charge in [0.15, 0.2) is 6.10 Å². The Hall–Kier alpha value is -3.44. The predicted molar refractivity (Wildman–Crippen MR) is 306 cm³/mol. The van der Waals surface area contributed by atoms with Gasteiger partial charge in [-0.25, -0.2) is 0 Å². The van der Waals surface area contributed by atoms with Crippen LogP contribution in [0.4, 0.5) is 0 Å². The van der Waals surface area contributed by atoms with Crippen molar-refractivity contribution in [2.24, 2.45) is 0 Å². The van der Waals surface area contributed by atoms with Gasteiger partial charge in [0.1, 0.15) is 6.61 Å². The summed E-state index contributed by atoms with van der Waals surface area (Å²) >= 11 is 0. The maximum atomic E-state index is 12.8. The highest BCUT2D eigenvalue weighted by molar-refractivity contribution is 5.71. The van der Waals surface area contributed by atoms with Gasteiger partial charge in [-0.05, 0) is 109 Å². The molecule has 0 rings (SSSR count). The molecule has 0 aromatic heterocycles. The van der Waals surface area contributed by atoms with Crippen LogP contribution in [0.15, 0.2) is 109 Å². The van der Waals surface area contributed by atoms with Gasteiger partial charge in [-0.3, -0.25) is 9.59 Å². The van der Waals surface area contributed by atoms with E-state index < -0.39 is 6.10 Å². The number of rotatable bonds is 53. The molecule has 0 bridgehead atoms. The topological polar surface area (TPSA) is 61.8 Å². The minimum atomic E-state index is -0.604. The zero-order chi connectivity index (χ0) is 50.6. The highest BCUT2D eigenvalue weighted by atomic mass is 16.6. The van der Waals surface area contributed by atoms with Crippen molar-refractivity contribution in [1.29, 1.82) is 0 Å². The zero-order valence-electron chi connectivity index (χ0n) is 46.0. The first-order valence-electron chi connectivity index (χ1n) is 29.4. The first-order valence-corrected chi connectivity index (χ1v) is 29.4. The maximum absolute atomic E-state index is 12.8. The van der Waals surface area contributed by atoms with E-state index in [1.165, 1.54) is 154 Å². The van der Waals surface area contributed by atoms with E-state index in [2.05, 4.69) is 118 Å². The first-order chi connectivity index (χ1) is 34.6. The molecule has 0 heterocycles. The molecule has 0 aliphatic heterocycles. The van der Waals surface area contributed by atoms with Crippen LogP contribution in [0.25, 0.3) is 0 Å². The average Bonchev–Trinajstić information content (AvgIpc) is 3.36. The number of unbranched alkanes of at least 4 members (excludes halogenated alkanes) is 25. The predicted octanol–water partition coefficient (Wildman–Crippen LogP) is 20.3. The number of carbonyl (C=O) groups excluding carboxylic acids is 2. The van der Waals surface area contributed by atoms with Crippen molar-refractivity contribution in [3.63, 3.8) is 0 Å². The Labute approximate surface area is 434 Å². The molecule has 0 N–H and O–H groups in total. The summed E-state index contributed by atoms with van der Waals surface area (Å²) in [5.41, 5.74) is 0. The summed E-state index contributed by atoms with van der Waals surface area (Å²) in [5.74, 6) is -0.550. The summed E-state index contributed by atoms with van der Waals surface area (Å²) in [7, 11) is 0. The van der Waals surface area contributed by atoms with Gasteiger partial charge in [-0.15, -0.1) is 0 Å². The number of hydrogen-bond acceptors (Lipinski definition) is 5. The fraction of sp³-hybridized carbons (Fsp3) is 0.692. The van der Waals surface area contributed by atoms with Crippen LogP contribution >= 0.6 is 0 Å². The van der Waals surface area contributed by atoms with E-state index in [-0.39, 0.29) is 31.6 Å². The molecule has 5 nitrogen and oxygen atoms in total. The molecule has 0 aliphatic carbocycles. The maximum Gasteiger partial charge on any atom is 0.310 e. The van der Waals surface area contributed by atoms with Gasteiger partial charge in [0.25, 0.3) is 0 Å². The molecule has 0 saturated heterocycles. The molecule has 0 radical (unpaired) electrons. The van der Waals surface area contributed by atoms with Crippen molar-refractivity contribution >= 4 is 11.9 Å². The standard InChI is InChI=1S/C65H110O5/c1-4-7-10-13-16-19-22-25-28-30-32-34-36-39-42-45-48-51-54-57-60-68-61-63(70-65(67)59-56-53-50-47-44-41-37-27-24-21-18-15-12-9-6-3)62-69-64(66)58-55-52-49-46-43-40-38-35-33-31-29-26-23-20-17-14-11-8-5-2/h9,12,16,18-19,21,25-29,32,34,37,44,47,53,56,63H,4-8,10-11,13-15,17,20,22-24,30-31,33,35-36,38-43,45-46,48-52,54-55,57-62H2,1-3H3/b12-9-,19-16-,21-18-,28-25-,29-26-,34-32-,37-27-,47-44-,56-53-. The number of ether oxygens (including phenoxy) is 3. The molecule has 400 valence electrons. The van der Waals surface area contributed by atoms with Crippen molar-refractivity contribution < 1.29 is 23.8 Å². The molecule has 5 heteroatoms. The van der Waals surface area contributed by atoms with E-state index in [4.69, 9.17) is 14.2 Å². The molecule has 1 unspecified atom stereocenters. The lowest BCUT2D eigenvalue weighted by Gasteiger charge is -2.18. The van der Waals surface area contributed by atoms with Gasteiger partial charge < -0.3 is 14.2 Å². The second kappa shape index (κ2) is 59.9. The highest BCUT2D eigenvalue weighted by Gasteiger charge is 2.17. The molecule has 0 spiro atoms. The van der Waals surface area contributed by atoms with Crippen molar-refractivity contribution in [3.8, 4) is 0 Å². The highest BCUT2D eigenvalue weighted by Crippen LogP contribution is 2.14. The van der Waals surface area contributed by atoms with E-state index in [1.54, 1.807) is 0 Å². The van der Waals surface area contributed by atoms with Crippen molar-refractivity contribution in [2.45, 2.75) is 271 Å². The third-order valence-electron chi connectivity index (χ3n) is 12.3. The Morgan fingerprint density at radius 3 is 1.14 bits per heavy atom. The SMILES string of the molecule is CC/C=C\C/C=C\C/C=C\C/C=C\C/C=C\CC(=O)OC(COCCCCCCCCC/C=C\C/C=C\C/C=C\CCCCC)COC(=O)CCCCCCCCCCC/C=C\CCCCCCCC. The molecule has 0 aromatic carbocycles. The molecule has 70 heavy (non-hydrogen) atoms. The smallest absolute Gasteiger partial charge is 0.310 e. The average molecular weight is 972 g/mol.